The summed E-state index contributed by atoms with van der Waals surface area (Å²) < 4.78 is 18.4. The van der Waals surface area contributed by atoms with Crippen molar-refractivity contribution in [3.05, 3.63) is 29.6 Å². The molecule has 0 heterocycles. The predicted octanol–water partition coefficient (Wildman–Crippen LogP) is 2.99. The molecule has 3 N–H and O–H groups in total. The zero-order chi connectivity index (χ0) is 17.5. The Balaban J connectivity index is 2.63. The zero-order valence-corrected chi connectivity index (χ0v) is 14.3. The highest BCUT2D eigenvalue weighted by Gasteiger charge is 2.26. The molecular formula is C17H27FN2O3. The molecule has 0 aliphatic heterocycles. The first-order valence-electron chi connectivity index (χ1n) is 7.90. The van der Waals surface area contributed by atoms with Crippen LogP contribution in [0.2, 0.25) is 0 Å². The Morgan fingerprint density at radius 3 is 2.57 bits per heavy atom. The van der Waals surface area contributed by atoms with Gasteiger partial charge >= 0.3 is 6.03 Å². The molecule has 1 atom stereocenters. The second-order valence-electron chi connectivity index (χ2n) is 5.81. The van der Waals surface area contributed by atoms with Crippen molar-refractivity contribution >= 4 is 6.03 Å². The Labute approximate surface area is 137 Å². The molecule has 130 valence electrons. The van der Waals surface area contributed by atoms with Crippen LogP contribution in [0.5, 0.6) is 5.75 Å². The van der Waals surface area contributed by atoms with Gasteiger partial charge in [-0.15, -0.1) is 0 Å². The Morgan fingerprint density at radius 2 is 2.04 bits per heavy atom. The number of methoxy groups -OCH3 is 1. The van der Waals surface area contributed by atoms with E-state index in [1.54, 1.807) is 12.1 Å². The van der Waals surface area contributed by atoms with Gasteiger partial charge in [0.05, 0.1) is 19.8 Å². The van der Waals surface area contributed by atoms with Gasteiger partial charge in [0.2, 0.25) is 0 Å². The number of hydrogen-bond donors (Lipinski definition) is 3. The van der Waals surface area contributed by atoms with E-state index >= 15 is 0 Å². The summed E-state index contributed by atoms with van der Waals surface area (Å²) in [4.78, 5) is 12.0. The first-order chi connectivity index (χ1) is 10.9. The van der Waals surface area contributed by atoms with Crippen molar-refractivity contribution in [3.63, 3.8) is 0 Å². The molecule has 0 radical (unpaired) electrons. The fraction of sp³-hybridized carbons (Fsp3) is 0.588. The van der Waals surface area contributed by atoms with Gasteiger partial charge in [0.25, 0.3) is 0 Å². The van der Waals surface area contributed by atoms with Crippen molar-refractivity contribution in [3.8, 4) is 5.75 Å². The molecule has 0 spiro atoms. The minimum atomic E-state index is -0.438. The standard InChI is InChI=1S/C17H27FN2O3/c1-5-17(6-2,11-21)10-19-16(22)20-12(3)13-7-8-14(18)15(9-13)23-4/h7-9,12,21H,5-6,10-11H2,1-4H3,(H2,19,20,22). The molecular weight excluding hydrogens is 299 g/mol. The van der Waals surface area contributed by atoms with Crippen LogP contribution >= 0.6 is 0 Å². The van der Waals surface area contributed by atoms with Crippen molar-refractivity contribution in [1.82, 2.24) is 10.6 Å². The average Bonchev–Trinajstić information content (AvgIpc) is 2.57. The molecule has 1 unspecified atom stereocenters. The van der Waals surface area contributed by atoms with E-state index in [9.17, 15) is 14.3 Å². The monoisotopic (exact) mass is 326 g/mol. The minimum absolute atomic E-state index is 0.0327. The molecule has 0 bridgehead atoms. The molecule has 0 aliphatic carbocycles. The summed E-state index contributed by atoms with van der Waals surface area (Å²) >= 11 is 0. The molecule has 0 saturated carbocycles. The summed E-state index contributed by atoms with van der Waals surface area (Å²) in [5.41, 5.74) is 0.456. The zero-order valence-electron chi connectivity index (χ0n) is 14.3. The number of aliphatic hydroxyl groups is 1. The highest BCUT2D eigenvalue weighted by molar-refractivity contribution is 5.74. The normalized spacial score (nSPS) is 12.6. The number of hydrogen-bond acceptors (Lipinski definition) is 3. The number of carbonyl (C=O) groups is 1. The van der Waals surface area contributed by atoms with Crippen molar-refractivity contribution in [1.29, 1.82) is 0 Å². The van der Waals surface area contributed by atoms with Crippen molar-refractivity contribution in [2.24, 2.45) is 5.41 Å². The molecule has 6 heteroatoms. The quantitative estimate of drug-likeness (QED) is 0.688. The third-order valence-electron chi connectivity index (χ3n) is 4.48. The highest BCUT2D eigenvalue weighted by atomic mass is 19.1. The third-order valence-corrected chi connectivity index (χ3v) is 4.48. The second-order valence-corrected chi connectivity index (χ2v) is 5.81. The van der Waals surface area contributed by atoms with E-state index in [2.05, 4.69) is 10.6 Å². The Bertz CT molecular complexity index is 510. The number of aliphatic hydroxyl groups excluding tert-OH is 1. The van der Waals surface area contributed by atoms with Gasteiger partial charge in [-0.2, -0.15) is 0 Å². The molecule has 1 aromatic rings. The van der Waals surface area contributed by atoms with Crippen LogP contribution in [0.3, 0.4) is 0 Å². The lowest BCUT2D eigenvalue weighted by molar-refractivity contribution is 0.115. The van der Waals surface area contributed by atoms with Gasteiger partial charge in [0.15, 0.2) is 11.6 Å². The lowest BCUT2D eigenvalue weighted by atomic mass is 9.83. The molecule has 0 aliphatic rings. The largest absolute Gasteiger partial charge is 0.494 e. The average molecular weight is 326 g/mol. The van der Waals surface area contributed by atoms with Gasteiger partial charge in [0.1, 0.15) is 0 Å². The van der Waals surface area contributed by atoms with E-state index in [1.807, 2.05) is 20.8 Å². The lowest BCUT2D eigenvalue weighted by Crippen LogP contribution is -2.44. The molecule has 2 amide bonds. The fourth-order valence-electron chi connectivity index (χ4n) is 2.32. The van der Waals surface area contributed by atoms with Gasteiger partial charge in [-0.1, -0.05) is 19.9 Å². The van der Waals surface area contributed by atoms with Crippen LogP contribution in [-0.2, 0) is 0 Å². The van der Waals surface area contributed by atoms with Crippen LogP contribution in [0.4, 0.5) is 9.18 Å². The Morgan fingerprint density at radius 1 is 1.39 bits per heavy atom. The fourth-order valence-corrected chi connectivity index (χ4v) is 2.32. The van der Waals surface area contributed by atoms with E-state index in [4.69, 9.17) is 4.74 Å². The first-order valence-corrected chi connectivity index (χ1v) is 7.90. The van der Waals surface area contributed by atoms with Crippen LogP contribution in [0.15, 0.2) is 18.2 Å². The molecule has 23 heavy (non-hydrogen) atoms. The Hall–Kier alpha value is -1.82. The Kier molecular flexibility index (Phi) is 7.29. The maximum atomic E-state index is 13.4. The molecule has 1 aromatic carbocycles. The van der Waals surface area contributed by atoms with E-state index in [1.165, 1.54) is 13.2 Å². The maximum absolute atomic E-state index is 13.4. The maximum Gasteiger partial charge on any atom is 0.315 e. The number of nitrogens with one attached hydrogen (secondary N) is 2. The molecule has 0 saturated heterocycles. The summed E-state index contributed by atoms with van der Waals surface area (Å²) in [5.74, 6) is -0.292. The van der Waals surface area contributed by atoms with Crippen LogP contribution in [0, 0.1) is 11.2 Å². The summed E-state index contributed by atoms with van der Waals surface area (Å²) in [6.45, 7) is 6.23. The predicted molar refractivity (Wildman–Crippen MR) is 88.0 cm³/mol. The molecule has 0 fully saturated rings. The van der Waals surface area contributed by atoms with Gasteiger partial charge in [-0.3, -0.25) is 0 Å². The van der Waals surface area contributed by atoms with Crippen molar-refractivity contribution in [2.45, 2.75) is 39.7 Å². The summed E-state index contributed by atoms with van der Waals surface area (Å²) in [5, 5.41) is 15.1. The van der Waals surface area contributed by atoms with Gasteiger partial charge < -0.3 is 20.5 Å². The van der Waals surface area contributed by atoms with Gasteiger partial charge in [-0.25, -0.2) is 9.18 Å². The number of ether oxygens (including phenoxy) is 1. The number of halogens is 1. The summed E-state index contributed by atoms with van der Waals surface area (Å²) in [7, 11) is 1.40. The number of rotatable bonds is 8. The number of carbonyl (C=O) groups excluding carboxylic acids is 1. The lowest BCUT2D eigenvalue weighted by Gasteiger charge is -2.29. The van der Waals surface area contributed by atoms with E-state index < -0.39 is 5.82 Å². The van der Waals surface area contributed by atoms with Crippen LogP contribution in [0.25, 0.3) is 0 Å². The molecule has 0 aromatic heterocycles. The summed E-state index contributed by atoms with van der Waals surface area (Å²) in [6, 6.07) is 3.88. The van der Waals surface area contributed by atoms with E-state index in [0.717, 1.165) is 18.4 Å². The highest BCUT2D eigenvalue weighted by Crippen LogP contribution is 2.25. The minimum Gasteiger partial charge on any atom is -0.494 e. The van der Waals surface area contributed by atoms with Crippen LogP contribution in [0.1, 0.15) is 45.2 Å². The topological polar surface area (TPSA) is 70.6 Å². The van der Waals surface area contributed by atoms with Crippen molar-refractivity contribution in [2.75, 3.05) is 20.3 Å². The SMILES string of the molecule is CCC(CC)(CO)CNC(=O)NC(C)c1ccc(F)c(OC)c1. The molecule has 5 nitrogen and oxygen atoms in total. The van der Waals surface area contributed by atoms with Crippen LogP contribution < -0.4 is 15.4 Å². The number of amides is 2. The van der Waals surface area contributed by atoms with Gasteiger partial charge in [-0.05, 0) is 37.5 Å². The smallest absolute Gasteiger partial charge is 0.315 e. The second kappa shape index (κ2) is 8.72. The van der Waals surface area contributed by atoms with E-state index in [0.29, 0.717) is 6.54 Å². The third kappa shape index (κ3) is 5.10. The van der Waals surface area contributed by atoms with Crippen LogP contribution in [-0.4, -0.2) is 31.4 Å². The van der Waals surface area contributed by atoms with E-state index in [-0.39, 0.29) is 29.8 Å². The molecule has 1 rings (SSSR count). The van der Waals surface area contributed by atoms with Gasteiger partial charge in [0, 0.05) is 12.0 Å². The van der Waals surface area contributed by atoms with Crippen molar-refractivity contribution < 1.29 is 19.0 Å². The number of benzene rings is 1. The first kappa shape index (κ1) is 19.2. The summed E-state index contributed by atoms with van der Waals surface area (Å²) in [6.07, 6.45) is 1.57. The number of urea groups is 1.